The van der Waals surface area contributed by atoms with Crippen molar-refractivity contribution in [3.05, 3.63) is 12.7 Å². The molecule has 0 aromatic rings. The van der Waals surface area contributed by atoms with E-state index in [4.69, 9.17) is 9.47 Å². The van der Waals surface area contributed by atoms with Gasteiger partial charge in [-0.05, 0) is 26.8 Å². The predicted molar refractivity (Wildman–Crippen MR) is 68.4 cm³/mol. The molecule has 0 bridgehead atoms. The van der Waals surface area contributed by atoms with E-state index in [2.05, 4.69) is 6.58 Å². The van der Waals surface area contributed by atoms with Crippen LogP contribution in [0.3, 0.4) is 0 Å². The van der Waals surface area contributed by atoms with Gasteiger partial charge in [-0.25, -0.2) is 4.79 Å². The largest absolute Gasteiger partial charge is 0.444 e. The number of ether oxygens (including phenoxy) is 2. The highest BCUT2D eigenvalue weighted by molar-refractivity contribution is 5.87. The number of hydrogen-bond acceptors (Lipinski definition) is 4. The van der Waals surface area contributed by atoms with Crippen LogP contribution in [0.5, 0.6) is 0 Å². The summed E-state index contributed by atoms with van der Waals surface area (Å²) in [6.45, 7) is 10.6. The lowest BCUT2D eigenvalue weighted by Crippen LogP contribution is -2.66. The third-order valence-electron chi connectivity index (χ3n) is 3.10. The first-order chi connectivity index (χ1) is 8.75. The first-order valence-corrected chi connectivity index (χ1v) is 6.28. The van der Waals surface area contributed by atoms with Crippen molar-refractivity contribution >= 4 is 12.0 Å². The summed E-state index contributed by atoms with van der Waals surface area (Å²) in [6, 6.07) is 0. The Balaban J connectivity index is 1.85. The predicted octanol–water partition coefficient (Wildman–Crippen LogP) is 0.978. The molecular weight excluding hydrogens is 248 g/mol. The third kappa shape index (κ3) is 2.89. The summed E-state index contributed by atoms with van der Waals surface area (Å²) >= 11 is 0. The van der Waals surface area contributed by atoms with Crippen molar-refractivity contribution in [2.45, 2.75) is 32.0 Å². The topological polar surface area (TPSA) is 59.1 Å². The molecule has 106 valence electrons. The van der Waals surface area contributed by atoms with Gasteiger partial charge in [-0.3, -0.25) is 4.79 Å². The van der Waals surface area contributed by atoms with Crippen molar-refractivity contribution in [2.24, 2.45) is 0 Å². The fourth-order valence-electron chi connectivity index (χ4n) is 2.22. The quantitative estimate of drug-likeness (QED) is 0.665. The molecule has 0 radical (unpaired) electrons. The van der Waals surface area contributed by atoms with E-state index < -0.39 is 11.2 Å². The molecular formula is C13H20N2O4. The number of carbonyl (C=O) groups excluding carboxylic acids is 2. The second-order valence-electron chi connectivity index (χ2n) is 6.03. The highest BCUT2D eigenvalue weighted by atomic mass is 16.6. The minimum Gasteiger partial charge on any atom is -0.444 e. The molecule has 0 saturated carbocycles. The lowest BCUT2D eigenvalue weighted by molar-refractivity contribution is -0.126. The molecule has 2 saturated heterocycles. The van der Waals surface area contributed by atoms with Crippen LogP contribution in [0, 0.1) is 0 Å². The maximum Gasteiger partial charge on any atom is 0.410 e. The van der Waals surface area contributed by atoms with E-state index in [1.165, 1.54) is 6.08 Å². The van der Waals surface area contributed by atoms with Crippen LogP contribution in [-0.2, 0) is 14.3 Å². The lowest BCUT2D eigenvalue weighted by Gasteiger charge is -2.46. The summed E-state index contributed by atoms with van der Waals surface area (Å²) in [6.07, 6.45) is 0.933. The molecule has 0 atom stereocenters. The van der Waals surface area contributed by atoms with Gasteiger partial charge in [-0.1, -0.05) is 6.58 Å². The first kappa shape index (κ1) is 13.9. The Morgan fingerprint density at radius 2 is 1.84 bits per heavy atom. The number of rotatable bonds is 1. The van der Waals surface area contributed by atoms with Crippen LogP contribution in [0.1, 0.15) is 20.8 Å². The standard InChI is InChI=1S/C13H20N2O4/c1-5-10(16)15-8-13(18-9-15)6-14(7-13)11(17)19-12(2,3)4/h5H,1,6-9H2,2-4H3. The summed E-state index contributed by atoms with van der Waals surface area (Å²) in [4.78, 5) is 26.4. The zero-order valence-electron chi connectivity index (χ0n) is 11.6. The van der Waals surface area contributed by atoms with Crippen molar-refractivity contribution in [1.82, 2.24) is 9.80 Å². The second-order valence-corrected chi connectivity index (χ2v) is 6.03. The highest BCUT2D eigenvalue weighted by Gasteiger charge is 2.52. The van der Waals surface area contributed by atoms with E-state index >= 15 is 0 Å². The van der Waals surface area contributed by atoms with Crippen molar-refractivity contribution in [1.29, 1.82) is 0 Å². The van der Waals surface area contributed by atoms with Gasteiger partial charge in [-0.15, -0.1) is 0 Å². The molecule has 0 aromatic carbocycles. The monoisotopic (exact) mass is 268 g/mol. The number of likely N-dealkylation sites (tertiary alicyclic amines) is 1. The molecule has 6 nitrogen and oxygen atoms in total. The van der Waals surface area contributed by atoms with Gasteiger partial charge in [0, 0.05) is 0 Å². The molecule has 6 heteroatoms. The zero-order chi connectivity index (χ0) is 14.3. The normalized spacial score (nSPS) is 21.2. The third-order valence-corrected chi connectivity index (χ3v) is 3.10. The minimum atomic E-state index is -0.499. The molecule has 0 unspecified atom stereocenters. The van der Waals surface area contributed by atoms with Gasteiger partial charge in [-0.2, -0.15) is 0 Å². The Labute approximate surface area is 112 Å². The van der Waals surface area contributed by atoms with Crippen molar-refractivity contribution in [2.75, 3.05) is 26.4 Å². The van der Waals surface area contributed by atoms with Crippen LogP contribution < -0.4 is 0 Å². The second kappa shape index (κ2) is 4.52. The molecule has 2 heterocycles. The summed E-state index contributed by atoms with van der Waals surface area (Å²) in [7, 11) is 0. The Kier molecular flexibility index (Phi) is 3.30. The molecule has 2 aliphatic heterocycles. The van der Waals surface area contributed by atoms with E-state index in [9.17, 15) is 9.59 Å². The van der Waals surface area contributed by atoms with Crippen LogP contribution in [0.4, 0.5) is 4.79 Å². The van der Waals surface area contributed by atoms with Gasteiger partial charge in [0.05, 0.1) is 19.6 Å². The smallest absolute Gasteiger partial charge is 0.410 e. The maximum atomic E-state index is 11.8. The van der Waals surface area contributed by atoms with Gasteiger partial charge in [0.15, 0.2) is 0 Å². The van der Waals surface area contributed by atoms with Crippen LogP contribution in [0.15, 0.2) is 12.7 Å². The van der Waals surface area contributed by atoms with E-state index in [0.29, 0.717) is 19.6 Å². The fraction of sp³-hybridized carbons (Fsp3) is 0.692. The molecule has 2 fully saturated rings. The molecule has 0 aromatic heterocycles. The Bertz CT molecular complexity index is 407. The molecule has 2 aliphatic rings. The summed E-state index contributed by atoms with van der Waals surface area (Å²) in [5, 5.41) is 0. The van der Waals surface area contributed by atoms with E-state index in [-0.39, 0.29) is 18.7 Å². The molecule has 2 amide bonds. The van der Waals surface area contributed by atoms with E-state index in [0.717, 1.165) is 0 Å². The number of carbonyl (C=O) groups is 2. The van der Waals surface area contributed by atoms with E-state index in [1.807, 2.05) is 20.8 Å². The summed E-state index contributed by atoms with van der Waals surface area (Å²) < 4.78 is 10.9. The molecule has 2 rings (SSSR count). The van der Waals surface area contributed by atoms with Crippen LogP contribution >= 0.6 is 0 Å². The average Bonchev–Trinajstić information content (AvgIpc) is 2.68. The first-order valence-electron chi connectivity index (χ1n) is 6.28. The van der Waals surface area contributed by atoms with Crippen molar-refractivity contribution in [3.8, 4) is 0 Å². The van der Waals surface area contributed by atoms with E-state index in [1.54, 1.807) is 9.80 Å². The fourth-order valence-corrected chi connectivity index (χ4v) is 2.22. The van der Waals surface area contributed by atoms with Gasteiger partial charge in [0.1, 0.15) is 17.9 Å². The highest BCUT2D eigenvalue weighted by Crippen LogP contribution is 2.32. The molecule has 1 spiro atoms. The summed E-state index contributed by atoms with van der Waals surface area (Å²) in [5.41, 5.74) is -0.920. The Morgan fingerprint density at radius 3 is 2.37 bits per heavy atom. The maximum absolute atomic E-state index is 11.8. The van der Waals surface area contributed by atoms with Crippen LogP contribution in [-0.4, -0.2) is 59.4 Å². The number of hydrogen-bond donors (Lipinski definition) is 0. The number of nitrogens with zero attached hydrogens (tertiary/aromatic N) is 2. The SMILES string of the molecule is C=CC(=O)N1COC2(C1)CN(C(=O)OC(C)(C)C)C2. The average molecular weight is 268 g/mol. The Hall–Kier alpha value is -1.56. The van der Waals surface area contributed by atoms with Gasteiger partial charge >= 0.3 is 6.09 Å². The lowest BCUT2D eigenvalue weighted by atomic mass is 9.94. The molecule has 19 heavy (non-hydrogen) atoms. The Morgan fingerprint density at radius 1 is 1.26 bits per heavy atom. The summed E-state index contributed by atoms with van der Waals surface area (Å²) in [5.74, 6) is -0.146. The van der Waals surface area contributed by atoms with Crippen LogP contribution in [0.2, 0.25) is 0 Å². The molecule has 0 aliphatic carbocycles. The van der Waals surface area contributed by atoms with Crippen molar-refractivity contribution in [3.63, 3.8) is 0 Å². The van der Waals surface area contributed by atoms with Crippen molar-refractivity contribution < 1.29 is 19.1 Å². The minimum absolute atomic E-state index is 0.146. The number of amides is 2. The van der Waals surface area contributed by atoms with Gasteiger partial charge in [0.25, 0.3) is 0 Å². The zero-order valence-corrected chi connectivity index (χ0v) is 11.6. The van der Waals surface area contributed by atoms with Gasteiger partial charge in [0.2, 0.25) is 5.91 Å². The van der Waals surface area contributed by atoms with Crippen LogP contribution in [0.25, 0.3) is 0 Å². The van der Waals surface area contributed by atoms with Gasteiger partial charge < -0.3 is 19.3 Å². The molecule has 0 N–H and O–H groups in total.